The van der Waals surface area contributed by atoms with Gasteiger partial charge in [0.2, 0.25) is 0 Å². The van der Waals surface area contributed by atoms with Crippen molar-refractivity contribution in [1.82, 2.24) is 0 Å². The van der Waals surface area contributed by atoms with E-state index >= 15 is 0 Å². The Labute approximate surface area is 119 Å². The van der Waals surface area contributed by atoms with Gasteiger partial charge in [-0.1, -0.05) is 29.8 Å². The molecule has 2 aromatic carbocycles. The van der Waals surface area contributed by atoms with Crippen molar-refractivity contribution < 1.29 is 13.6 Å². The Morgan fingerprint density at radius 1 is 1.15 bits per heavy atom. The van der Waals surface area contributed by atoms with Crippen molar-refractivity contribution in [3.8, 4) is 6.07 Å². The van der Waals surface area contributed by atoms with Crippen LogP contribution in [0.25, 0.3) is 0 Å². The fourth-order valence-corrected chi connectivity index (χ4v) is 2.04. The molecule has 0 radical (unpaired) electrons. The number of hydrogen-bond acceptors (Lipinski definition) is 2. The Kier molecular flexibility index (Phi) is 4.11. The third kappa shape index (κ3) is 2.68. The number of nitrogens with zero attached hydrogens (tertiary/aromatic N) is 1. The van der Waals surface area contributed by atoms with Crippen LogP contribution in [0.4, 0.5) is 8.78 Å². The molecule has 0 aliphatic heterocycles. The topological polar surface area (TPSA) is 40.9 Å². The molecule has 0 aliphatic carbocycles. The van der Waals surface area contributed by atoms with Crippen molar-refractivity contribution in [2.75, 3.05) is 0 Å². The molecule has 0 aromatic heterocycles. The maximum absolute atomic E-state index is 13.2. The molecule has 100 valence electrons. The first-order valence-electron chi connectivity index (χ1n) is 5.68. The Morgan fingerprint density at radius 2 is 1.85 bits per heavy atom. The highest BCUT2D eigenvalue weighted by atomic mass is 35.5. The number of carbonyl (C=O) groups excluding carboxylic acids is 1. The number of hydrogen-bond donors (Lipinski definition) is 0. The van der Waals surface area contributed by atoms with Gasteiger partial charge in [0.15, 0.2) is 17.4 Å². The predicted octanol–water partition coefficient (Wildman–Crippen LogP) is 4.11. The molecule has 2 nitrogen and oxygen atoms in total. The lowest BCUT2D eigenvalue weighted by atomic mass is 9.92. The zero-order chi connectivity index (χ0) is 14.7. The van der Waals surface area contributed by atoms with E-state index in [1.165, 1.54) is 0 Å². The van der Waals surface area contributed by atoms with Crippen molar-refractivity contribution in [2.24, 2.45) is 0 Å². The van der Waals surface area contributed by atoms with Gasteiger partial charge in [0, 0.05) is 10.6 Å². The smallest absolute Gasteiger partial charge is 0.184 e. The van der Waals surface area contributed by atoms with E-state index in [0.29, 0.717) is 5.56 Å². The Hall–Kier alpha value is -2.25. The third-order valence-corrected chi connectivity index (χ3v) is 3.16. The zero-order valence-electron chi connectivity index (χ0n) is 10.1. The van der Waals surface area contributed by atoms with E-state index < -0.39 is 23.3 Å². The normalized spacial score (nSPS) is 11.7. The average molecular weight is 292 g/mol. The number of benzene rings is 2. The molecule has 0 saturated carbocycles. The first kappa shape index (κ1) is 14.2. The highest BCUT2D eigenvalue weighted by Crippen LogP contribution is 2.27. The molecule has 0 bridgehead atoms. The summed E-state index contributed by atoms with van der Waals surface area (Å²) >= 11 is 5.95. The molecule has 2 aromatic rings. The molecule has 20 heavy (non-hydrogen) atoms. The second-order valence-corrected chi connectivity index (χ2v) is 4.48. The number of rotatable bonds is 3. The molecule has 2 rings (SSSR count). The van der Waals surface area contributed by atoms with Crippen LogP contribution in [0.5, 0.6) is 0 Å². The van der Waals surface area contributed by atoms with Gasteiger partial charge in [-0.15, -0.1) is 0 Å². The summed E-state index contributed by atoms with van der Waals surface area (Å²) in [5.41, 5.74) is 0.266. The number of halogens is 3. The van der Waals surface area contributed by atoms with Gasteiger partial charge in [-0.3, -0.25) is 4.79 Å². The Balaban J connectivity index is 2.42. The van der Waals surface area contributed by atoms with Gasteiger partial charge in [0.25, 0.3) is 0 Å². The monoisotopic (exact) mass is 291 g/mol. The van der Waals surface area contributed by atoms with Gasteiger partial charge in [-0.25, -0.2) is 8.78 Å². The van der Waals surface area contributed by atoms with E-state index in [4.69, 9.17) is 16.9 Å². The lowest BCUT2D eigenvalue weighted by molar-refractivity contribution is 0.0978. The van der Waals surface area contributed by atoms with Crippen molar-refractivity contribution >= 4 is 17.4 Å². The van der Waals surface area contributed by atoms with Gasteiger partial charge in [0.1, 0.15) is 5.92 Å². The van der Waals surface area contributed by atoms with Crippen LogP contribution in [-0.4, -0.2) is 5.78 Å². The maximum Gasteiger partial charge on any atom is 0.184 e. The quantitative estimate of drug-likeness (QED) is 0.799. The molecule has 0 fully saturated rings. The molecule has 0 spiro atoms. The summed E-state index contributed by atoms with van der Waals surface area (Å²) < 4.78 is 26.0. The molecule has 1 atom stereocenters. The van der Waals surface area contributed by atoms with E-state index in [2.05, 4.69) is 0 Å². The predicted molar refractivity (Wildman–Crippen MR) is 70.5 cm³/mol. The molecular weight excluding hydrogens is 284 g/mol. The fraction of sp³-hybridized carbons (Fsp3) is 0.0667. The molecule has 1 unspecified atom stereocenters. The number of nitriles is 1. The average Bonchev–Trinajstić information content (AvgIpc) is 2.44. The molecular formula is C15H8ClF2NO. The van der Waals surface area contributed by atoms with Crippen LogP contribution in [0.1, 0.15) is 21.8 Å². The number of carbonyl (C=O) groups is 1. The van der Waals surface area contributed by atoms with Crippen LogP contribution in [0.2, 0.25) is 5.02 Å². The second-order valence-electron chi connectivity index (χ2n) is 4.08. The first-order chi connectivity index (χ1) is 9.54. The fourth-order valence-electron chi connectivity index (χ4n) is 1.79. The van der Waals surface area contributed by atoms with Gasteiger partial charge in [-0.2, -0.15) is 5.26 Å². The highest BCUT2D eigenvalue weighted by molar-refractivity contribution is 6.31. The molecule has 0 aliphatic rings. The highest BCUT2D eigenvalue weighted by Gasteiger charge is 2.24. The summed E-state index contributed by atoms with van der Waals surface area (Å²) in [7, 11) is 0. The Morgan fingerprint density at radius 3 is 2.45 bits per heavy atom. The summed E-state index contributed by atoms with van der Waals surface area (Å²) in [6, 6.07) is 11.0. The van der Waals surface area contributed by atoms with Gasteiger partial charge >= 0.3 is 0 Å². The summed E-state index contributed by atoms with van der Waals surface area (Å²) in [5.74, 6) is -3.97. The molecule has 0 heterocycles. The number of Topliss-reactive ketones (excluding diaryl/α,β-unsaturated/α-hetero) is 1. The van der Waals surface area contributed by atoms with Gasteiger partial charge < -0.3 is 0 Å². The third-order valence-electron chi connectivity index (χ3n) is 2.81. The summed E-state index contributed by atoms with van der Waals surface area (Å²) in [6.45, 7) is 0. The van der Waals surface area contributed by atoms with E-state index in [-0.39, 0.29) is 10.6 Å². The maximum atomic E-state index is 13.2. The molecule has 0 amide bonds. The summed E-state index contributed by atoms with van der Waals surface area (Å²) in [5, 5.41) is 9.44. The van der Waals surface area contributed by atoms with E-state index in [1.807, 2.05) is 6.07 Å². The lowest BCUT2D eigenvalue weighted by Gasteiger charge is -2.10. The SMILES string of the molecule is N#CC(C(=O)c1ccc(F)c(F)c1)c1ccccc1Cl. The van der Waals surface area contributed by atoms with Crippen LogP contribution >= 0.6 is 11.6 Å². The molecule has 5 heteroatoms. The van der Waals surface area contributed by atoms with Crippen LogP contribution in [0, 0.1) is 23.0 Å². The van der Waals surface area contributed by atoms with Crippen molar-refractivity contribution in [3.05, 3.63) is 70.2 Å². The molecule has 0 saturated heterocycles. The van der Waals surface area contributed by atoms with Crippen LogP contribution in [0.15, 0.2) is 42.5 Å². The van der Waals surface area contributed by atoms with Crippen molar-refractivity contribution in [1.29, 1.82) is 5.26 Å². The largest absolute Gasteiger partial charge is 0.292 e. The van der Waals surface area contributed by atoms with Gasteiger partial charge in [0.05, 0.1) is 6.07 Å². The minimum Gasteiger partial charge on any atom is -0.292 e. The standard InChI is InChI=1S/C15H8ClF2NO/c16-12-4-2-1-3-10(12)11(8-19)15(20)9-5-6-13(17)14(18)7-9/h1-7,11H. The van der Waals surface area contributed by atoms with Crippen molar-refractivity contribution in [2.45, 2.75) is 5.92 Å². The summed E-state index contributed by atoms with van der Waals surface area (Å²) in [4.78, 5) is 12.2. The summed E-state index contributed by atoms with van der Waals surface area (Å²) in [6.07, 6.45) is 0. The zero-order valence-corrected chi connectivity index (χ0v) is 10.9. The Bertz CT molecular complexity index is 709. The molecule has 0 N–H and O–H groups in total. The van der Waals surface area contributed by atoms with Gasteiger partial charge in [-0.05, 0) is 29.8 Å². The second kappa shape index (κ2) is 5.81. The first-order valence-corrected chi connectivity index (χ1v) is 6.05. The number of ketones is 1. The van der Waals surface area contributed by atoms with E-state index in [9.17, 15) is 13.6 Å². The van der Waals surface area contributed by atoms with Crippen LogP contribution in [-0.2, 0) is 0 Å². The minimum absolute atomic E-state index is 0.0737. The minimum atomic E-state index is -1.16. The van der Waals surface area contributed by atoms with Crippen LogP contribution in [0.3, 0.4) is 0 Å². The lowest BCUT2D eigenvalue weighted by Crippen LogP contribution is -2.12. The van der Waals surface area contributed by atoms with E-state index in [1.54, 1.807) is 24.3 Å². The van der Waals surface area contributed by atoms with Crippen LogP contribution < -0.4 is 0 Å². The van der Waals surface area contributed by atoms with E-state index in [0.717, 1.165) is 18.2 Å². The van der Waals surface area contributed by atoms with Crippen molar-refractivity contribution in [3.63, 3.8) is 0 Å².